The SMILES string of the molecule is Cc1ccc(NC(=O)N2CC[C@@H](CC(F)(F)F)C2)cc1-c1cc(NS(=O)(=O)C(C)C)nc(N2CCOCC2)c1. The summed E-state index contributed by atoms with van der Waals surface area (Å²) in [6, 6.07) is 8.40. The Kier molecular flexibility index (Phi) is 8.60. The minimum Gasteiger partial charge on any atom is -0.378 e. The lowest BCUT2D eigenvalue weighted by Crippen LogP contribution is -2.37. The van der Waals surface area contributed by atoms with Crippen molar-refractivity contribution >= 4 is 33.4 Å². The molecule has 1 aromatic heterocycles. The van der Waals surface area contributed by atoms with Crippen molar-refractivity contribution in [1.82, 2.24) is 9.88 Å². The number of carbonyl (C=O) groups is 1. The number of anilines is 3. The smallest absolute Gasteiger partial charge is 0.378 e. The number of sulfonamides is 1. The third-order valence-corrected chi connectivity index (χ3v) is 8.64. The molecule has 2 aromatic rings. The number of amides is 2. The zero-order valence-electron chi connectivity index (χ0n) is 22.2. The Balaban J connectivity index is 1.60. The first-order valence-electron chi connectivity index (χ1n) is 12.9. The van der Waals surface area contributed by atoms with E-state index in [2.05, 4.69) is 15.0 Å². The number of benzene rings is 1. The highest BCUT2D eigenvalue weighted by atomic mass is 32.2. The number of aromatic nitrogens is 1. The van der Waals surface area contributed by atoms with E-state index in [4.69, 9.17) is 4.74 Å². The summed E-state index contributed by atoms with van der Waals surface area (Å²) < 4.78 is 71.5. The number of hydrogen-bond acceptors (Lipinski definition) is 6. The number of nitrogens with one attached hydrogen (secondary N) is 2. The molecule has 2 fully saturated rings. The molecule has 4 rings (SSSR count). The first kappa shape index (κ1) is 28.9. The number of halogens is 3. The van der Waals surface area contributed by atoms with Gasteiger partial charge in [-0.3, -0.25) is 4.72 Å². The summed E-state index contributed by atoms with van der Waals surface area (Å²) in [6.07, 6.45) is -4.85. The molecule has 2 saturated heterocycles. The Hall–Kier alpha value is -3.06. The summed E-state index contributed by atoms with van der Waals surface area (Å²) in [6.45, 7) is 7.64. The molecule has 0 spiro atoms. The second-order valence-electron chi connectivity index (χ2n) is 10.3. The van der Waals surface area contributed by atoms with E-state index in [1.54, 1.807) is 32.0 Å². The van der Waals surface area contributed by atoms with Gasteiger partial charge in [0.25, 0.3) is 0 Å². The van der Waals surface area contributed by atoms with Crippen molar-refractivity contribution in [3.05, 3.63) is 35.9 Å². The average molecular weight is 570 g/mol. The molecule has 2 aliphatic heterocycles. The summed E-state index contributed by atoms with van der Waals surface area (Å²) >= 11 is 0. The van der Waals surface area contributed by atoms with E-state index in [1.807, 2.05) is 24.0 Å². The molecule has 0 unspecified atom stereocenters. The van der Waals surface area contributed by atoms with Crippen molar-refractivity contribution in [2.24, 2.45) is 5.92 Å². The number of nitrogens with zero attached hydrogens (tertiary/aromatic N) is 3. The maximum absolute atomic E-state index is 12.8. The molecule has 0 saturated carbocycles. The summed E-state index contributed by atoms with van der Waals surface area (Å²) in [5, 5.41) is 2.15. The van der Waals surface area contributed by atoms with Gasteiger partial charge in [0, 0.05) is 38.3 Å². The van der Waals surface area contributed by atoms with Gasteiger partial charge in [-0.05, 0) is 74.1 Å². The van der Waals surface area contributed by atoms with Gasteiger partial charge in [0.1, 0.15) is 11.6 Å². The number of alkyl halides is 3. The monoisotopic (exact) mass is 569 g/mol. The van der Waals surface area contributed by atoms with Gasteiger partial charge in [0.05, 0.1) is 18.5 Å². The quantitative estimate of drug-likeness (QED) is 0.494. The third kappa shape index (κ3) is 7.53. The van der Waals surface area contributed by atoms with E-state index in [0.29, 0.717) is 49.8 Å². The zero-order valence-corrected chi connectivity index (χ0v) is 23.0. The molecule has 2 amide bonds. The van der Waals surface area contributed by atoms with Crippen LogP contribution in [0, 0.1) is 12.8 Å². The van der Waals surface area contributed by atoms with Crippen LogP contribution in [0.5, 0.6) is 0 Å². The molecule has 0 bridgehead atoms. The van der Waals surface area contributed by atoms with Gasteiger partial charge in [-0.2, -0.15) is 13.2 Å². The second-order valence-corrected chi connectivity index (χ2v) is 12.5. The molecule has 0 aliphatic carbocycles. The minimum atomic E-state index is -4.25. The Morgan fingerprint density at radius 1 is 1.15 bits per heavy atom. The van der Waals surface area contributed by atoms with Crippen LogP contribution in [0.25, 0.3) is 11.1 Å². The Bertz CT molecular complexity index is 1300. The van der Waals surface area contributed by atoms with E-state index in [9.17, 15) is 26.4 Å². The van der Waals surface area contributed by atoms with E-state index >= 15 is 0 Å². The fourth-order valence-electron chi connectivity index (χ4n) is 4.67. The van der Waals surface area contributed by atoms with Crippen LogP contribution in [0.15, 0.2) is 30.3 Å². The van der Waals surface area contributed by atoms with Crippen LogP contribution in [0.3, 0.4) is 0 Å². The van der Waals surface area contributed by atoms with E-state index in [1.165, 1.54) is 4.90 Å². The lowest BCUT2D eigenvalue weighted by molar-refractivity contribution is -0.143. The number of urea groups is 1. The predicted molar refractivity (Wildman–Crippen MR) is 144 cm³/mol. The molecular weight excluding hydrogens is 535 g/mol. The molecule has 13 heteroatoms. The first-order chi connectivity index (χ1) is 18.3. The largest absolute Gasteiger partial charge is 0.389 e. The van der Waals surface area contributed by atoms with Crippen LogP contribution in [-0.4, -0.2) is 75.2 Å². The molecule has 2 aliphatic rings. The number of rotatable bonds is 7. The highest BCUT2D eigenvalue weighted by molar-refractivity contribution is 7.93. The fourth-order valence-corrected chi connectivity index (χ4v) is 5.30. The topological polar surface area (TPSA) is 104 Å². The van der Waals surface area contributed by atoms with Crippen molar-refractivity contribution < 1.29 is 31.1 Å². The average Bonchev–Trinajstić information content (AvgIpc) is 3.32. The molecule has 1 atom stereocenters. The fraction of sp³-hybridized carbons (Fsp3) is 0.538. The highest BCUT2D eigenvalue weighted by Gasteiger charge is 2.36. The third-order valence-electron chi connectivity index (χ3n) is 6.91. The summed E-state index contributed by atoms with van der Waals surface area (Å²) in [7, 11) is -3.65. The van der Waals surface area contributed by atoms with Gasteiger partial charge in [-0.25, -0.2) is 18.2 Å². The van der Waals surface area contributed by atoms with Crippen molar-refractivity contribution in [2.75, 3.05) is 54.3 Å². The van der Waals surface area contributed by atoms with Crippen LogP contribution >= 0.6 is 0 Å². The lowest BCUT2D eigenvalue weighted by Gasteiger charge is -2.28. The van der Waals surface area contributed by atoms with Crippen molar-refractivity contribution in [1.29, 1.82) is 0 Å². The summed E-state index contributed by atoms with van der Waals surface area (Å²) in [4.78, 5) is 20.8. The number of morpholine rings is 1. The van der Waals surface area contributed by atoms with Gasteiger partial charge in [-0.15, -0.1) is 0 Å². The Morgan fingerprint density at radius 3 is 2.54 bits per heavy atom. The lowest BCUT2D eigenvalue weighted by atomic mass is 10.00. The first-order valence-corrected chi connectivity index (χ1v) is 14.5. The van der Waals surface area contributed by atoms with Crippen LogP contribution in [-0.2, 0) is 14.8 Å². The van der Waals surface area contributed by atoms with Gasteiger partial charge in [0.2, 0.25) is 10.0 Å². The van der Waals surface area contributed by atoms with Crippen LogP contribution < -0.4 is 14.9 Å². The van der Waals surface area contributed by atoms with Crippen molar-refractivity contribution in [3.8, 4) is 11.1 Å². The molecule has 214 valence electrons. The molecular formula is C26H34F3N5O4S. The number of carbonyl (C=O) groups excluding carboxylic acids is 1. The Labute approximate surface area is 226 Å². The highest BCUT2D eigenvalue weighted by Crippen LogP contribution is 2.33. The van der Waals surface area contributed by atoms with Gasteiger partial charge >= 0.3 is 12.2 Å². The second kappa shape index (κ2) is 11.6. The minimum absolute atomic E-state index is 0.0523. The maximum atomic E-state index is 12.8. The van der Waals surface area contributed by atoms with Crippen molar-refractivity contribution in [3.63, 3.8) is 0 Å². The Morgan fingerprint density at radius 2 is 1.87 bits per heavy atom. The van der Waals surface area contributed by atoms with Crippen LogP contribution in [0.2, 0.25) is 0 Å². The summed E-state index contributed by atoms with van der Waals surface area (Å²) in [5.41, 5.74) is 2.82. The number of likely N-dealkylation sites (tertiary alicyclic amines) is 1. The molecule has 0 radical (unpaired) electrons. The standard InChI is InChI=1S/C26H34F3N5O4S/c1-17(2)39(36,37)32-23-12-20(13-24(31-23)33-8-10-38-11-9-33)22-14-21(5-4-18(22)3)30-25(35)34-7-6-19(16-34)15-26(27,28)29/h4-5,12-14,17,19H,6-11,15-16H2,1-3H3,(H,30,35)(H,31,32)/t19-/m0/s1. The van der Waals surface area contributed by atoms with Gasteiger partial charge in [-0.1, -0.05) is 6.07 Å². The van der Waals surface area contributed by atoms with Crippen molar-refractivity contribution in [2.45, 2.75) is 45.0 Å². The van der Waals surface area contributed by atoms with Crippen LogP contribution in [0.1, 0.15) is 32.3 Å². The van der Waals surface area contributed by atoms with E-state index in [0.717, 1.165) is 11.1 Å². The number of ether oxygens (including phenoxy) is 1. The molecule has 1 aromatic carbocycles. The van der Waals surface area contributed by atoms with E-state index in [-0.39, 0.29) is 18.9 Å². The van der Waals surface area contributed by atoms with Gasteiger partial charge in [0.15, 0.2) is 0 Å². The number of hydrogen-bond donors (Lipinski definition) is 2. The molecule has 3 heterocycles. The number of aryl methyl sites for hydroxylation is 1. The normalized spacial score (nSPS) is 18.5. The number of pyridine rings is 1. The van der Waals surface area contributed by atoms with E-state index < -0.39 is 39.8 Å². The van der Waals surface area contributed by atoms with Gasteiger partial charge < -0.3 is 19.9 Å². The zero-order chi connectivity index (χ0) is 28.4. The molecule has 39 heavy (non-hydrogen) atoms. The van der Waals surface area contributed by atoms with Crippen LogP contribution in [0.4, 0.5) is 35.3 Å². The molecule has 9 nitrogen and oxygen atoms in total. The predicted octanol–water partition coefficient (Wildman–Crippen LogP) is 4.85. The maximum Gasteiger partial charge on any atom is 0.389 e. The molecule has 2 N–H and O–H groups in total. The summed E-state index contributed by atoms with van der Waals surface area (Å²) in [5.74, 6) is 0.177.